The molecule has 0 spiro atoms. The van der Waals surface area contributed by atoms with Crippen molar-refractivity contribution in [2.75, 3.05) is 0 Å². The number of allylic oxidation sites excluding steroid dienone is 3. The SMILES string of the molecule is C/C=C/C=C/OP(=O)(O)OP(=O)(O)O. The van der Waals surface area contributed by atoms with E-state index in [2.05, 4.69) is 8.83 Å². The van der Waals surface area contributed by atoms with Gasteiger partial charge in [0.25, 0.3) is 0 Å². The topological polar surface area (TPSA) is 113 Å². The Kier molecular flexibility index (Phi) is 5.29. The Morgan fingerprint density at radius 2 is 1.71 bits per heavy atom. The first-order valence-electron chi connectivity index (χ1n) is 3.33. The molecule has 1 atom stereocenters. The van der Waals surface area contributed by atoms with Crippen LogP contribution in [-0.4, -0.2) is 14.7 Å². The smallest absolute Gasteiger partial charge is 0.412 e. The summed E-state index contributed by atoms with van der Waals surface area (Å²) in [5.74, 6) is 0. The van der Waals surface area contributed by atoms with Crippen molar-refractivity contribution in [2.45, 2.75) is 6.92 Å². The normalized spacial score (nSPS) is 17.4. The summed E-state index contributed by atoms with van der Waals surface area (Å²) >= 11 is 0. The van der Waals surface area contributed by atoms with E-state index in [1.165, 1.54) is 12.2 Å². The van der Waals surface area contributed by atoms with Crippen LogP contribution in [0.1, 0.15) is 6.92 Å². The Morgan fingerprint density at radius 3 is 2.14 bits per heavy atom. The van der Waals surface area contributed by atoms with Crippen LogP contribution in [0.2, 0.25) is 0 Å². The van der Waals surface area contributed by atoms with Crippen LogP contribution < -0.4 is 0 Å². The molecule has 0 aliphatic heterocycles. The van der Waals surface area contributed by atoms with E-state index in [0.29, 0.717) is 0 Å². The molecule has 0 aromatic heterocycles. The van der Waals surface area contributed by atoms with Gasteiger partial charge in [0, 0.05) is 0 Å². The molecule has 0 rings (SSSR count). The summed E-state index contributed by atoms with van der Waals surface area (Å²) < 4.78 is 28.5. The molecule has 0 aliphatic rings. The third-order valence-electron chi connectivity index (χ3n) is 0.786. The highest BCUT2D eigenvalue weighted by atomic mass is 31.3. The molecule has 7 nitrogen and oxygen atoms in total. The third kappa shape index (κ3) is 8.19. The number of phosphoric acid groups is 2. The van der Waals surface area contributed by atoms with E-state index in [0.717, 1.165) is 6.26 Å². The lowest BCUT2D eigenvalue weighted by Crippen LogP contribution is -1.88. The predicted molar refractivity (Wildman–Crippen MR) is 48.0 cm³/mol. The molecule has 0 saturated heterocycles. The number of hydrogen-bond donors (Lipinski definition) is 3. The molecule has 14 heavy (non-hydrogen) atoms. The van der Waals surface area contributed by atoms with Gasteiger partial charge in [-0.2, -0.15) is 4.31 Å². The molecule has 9 heteroatoms. The lowest BCUT2D eigenvalue weighted by molar-refractivity contribution is 0.217. The molecule has 0 amide bonds. The maximum atomic E-state index is 10.7. The Hall–Kier alpha value is -0.420. The van der Waals surface area contributed by atoms with Crippen molar-refractivity contribution in [1.82, 2.24) is 0 Å². The summed E-state index contributed by atoms with van der Waals surface area (Å²) in [5.41, 5.74) is 0. The lowest BCUT2D eigenvalue weighted by atomic mass is 10.5. The summed E-state index contributed by atoms with van der Waals surface area (Å²) in [6.45, 7) is 1.70. The molecule has 1 unspecified atom stereocenters. The van der Waals surface area contributed by atoms with Gasteiger partial charge in [-0.15, -0.1) is 0 Å². The van der Waals surface area contributed by atoms with Crippen molar-refractivity contribution >= 4 is 15.6 Å². The minimum Gasteiger partial charge on any atom is -0.412 e. The maximum absolute atomic E-state index is 10.7. The van der Waals surface area contributed by atoms with E-state index in [4.69, 9.17) is 14.7 Å². The Bertz CT molecular complexity index is 314. The zero-order valence-corrected chi connectivity index (χ0v) is 8.97. The van der Waals surface area contributed by atoms with Crippen molar-refractivity contribution in [3.63, 3.8) is 0 Å². The molecule has 0 heterocycles. The van der Waals surface area contributed by atoms with Crippen LogP contribution in [0.15, 0.2) is 24.5 Å². The van der Waals surface area contributed by atoms with Crippen molar-refractivity contribution < 1.29 is 32.6 Å². The minimum absolute atomic E-state index is 0.788. The van der Waals surface area contributed by atoms with Gasteiger partial charge in [-0.1, -0.05) is 12.2 Å². The van der Waals surface area contributed by atoms with Crippen molar-refractivity contribution in [3.8, 4) is 0 Å². The highest BCUT2D eigenvalue weighted by Crippen LogP contribution is 2.57. The van der Waals surface area contributed by atoms with Gasteiger partial charge in [0.1, 0.15) is 0 Å². The molecule has 0 saturated carbocycles. The maximum Gasteiger partial charge on any atom is 0.535 e. The van der Waals surface area contributed by atoms with Crippen LogP contribution in [0.5, 0.6) is 0 Å². The summed E-state index contributed by atoms with van der Waals surface area (Å²) in [4.78, 5) is 25.1. The summed E-state index contributed by atoms with van der Waals surface area (Å²) in [5, 5.41) is 0. The van der Waals surface area contributed by atoms with Gasteiger partial charge in [0.15, 0.2) is 0 Å². The fraction of sp³-hybridized carbons (Fsp3) is 0.200. The van der Waals surface area contributed by atoms with Crippen molar-refractivity contribution in [3.05, 3.63) is 24.5 Å². The zero-order chi connectivity index (χ0) is 11.2. The third-order valence-corrected chi connectivity index (χ3v) is 2.85. The summed E-state index contributed by atoms with van der Waals surface area (Å²) in [7, 11) is -9.77. The van der Waals surface area contributed by atoms with E-state index < -0.39 is 15.6 Å². The van der Waals surface area contributed by atoms with Crippen LogP contribution in [0, 0.1) is 0 Å². The summed E-state index contributed by atoms with van der Waals surface area (Å²) in [6.07, 6.45) is 5.14. The number of rotatable bonds is 5. The van der Waals surface area contributed by atoms with E-state index in [-0.39, 0.29) is 0 Å². The molecule has 0 radical (unpaired) electrons. The number of phosphoric ester groups is 1. The van der Waals surface area contributed by atoms with Gasteiger partial charge in [-0.3, -0.25) is 4.89 Å². The van der Waals surface area contributed by atoms with Gasteiger partial charge in [-0.25, -0.2) is 9.13 Å². The second kappa shape index (κ2) is 5.46. The van der Waals surface area contributed by atoms with E-state index in [9.17, 15) is 9.13 Å². The van der Waals surface area contributed by atoms with Crippen LogP contribution in [0.25, 0.3) is 0 Å². The molecular weight excluding hydrogens is 234 g/mol. The molecular formula is C5H10O7P2. The fourth-order valence-electron chi connectivity index (χ4n) is 0.422. The van der Waals surface area contributed by atoms with Gasteiger partial charge in [-0.05, 0) is 13.0 Å². The molecule has 82 valence electrons. The van der Waals surface area contributed by atoms with Crippen LogP contribution in [-0.2, 0) is 18.0 Å². The minimum atomic E-state index is -5.03. The first-order valence-corrected chi connectivity index (χ1v) is 6.35. The van der Waals surface area contributed by atoms with E-state index in [1.807, 2.05) is 0 Å². The monoisotopic (exact) mass is 244 g/mol. The quantitative estimate of drug-likeness (QED) is 0.379. The van der Waals surface area contributed by atoms with Gasteiger partial charge in [0.05, 0.1) is 6.26 Å². The van der Waals surface area contributed by atoms with Crippen molar-refractivity contribution in [1.29, 1.82) is 0 Å². The molecule has 0 bridgehead atoms. The first-order chi connectivity index (χ1) is 6.27. The van der Waals surface area contributed by atoms with Gasteiger partial charge in [0.2, 0.25) is 0 Å². The van der Waals surface area contributed by atoms with Crippen molar-refractivity contribution in [2.24, 2.45) is 0 Å². The summed E-state index contributed by atoms with van der Waals surface area (Å²) in [6, 6.07) is 0. The first kappa shape index (κ1) is 13.6. The highest BCUT2D eigenvalue weighted by molar-refractivity contribution is 7.60. The van der Waals surface area contributed by atoms with E-state index in [1.54, 1.807) is 13.0 Å². The molecule has 0 aliphatic carbocycles. The predicted octanol–water partition coefficient (Wildman–Crippen LogP) is 1.30. The highest BCUT2D eigenvalue weighted by Gasteiger charge is 2.32. The van der Waals surface area contributed by atoms with Crippen LogP contribution >= 0.6 is 15.6 Å². The second-order valence-electron chi connectivity index (χ2n) is 2.00. The molecule has 0 aromatic carbocycles. The number of hydrogen-bond acceptors (Lipinski definition) is 4. The zero-order valence-electron chi connectivity index (χ0n) is 7.18. The average molecular weight is 244 g/mol. The standard InChI is InChI=1S/C5H10O7P2/c1-2-3-4-5-11-14(9,10)12-13(6,7)8/h2-5H,1H3,(H,9,10)(H2,6,7,8)/b3-2+,5-4+. The Labute approximate surface area is 80.5 Å². The average Bonchev–Trinajstić information content (AvgIpc) is 1.93. The molecule has 0 fully saturated rings. The van der Waals surface area contributed by atoms with Gasteiger partial charge >= 0.3 is 15.6 Å². The second-order valence-corrected chi connectivity index (χ2v) is 4.78. The van der Waals surface area contributed by atoms with Crippen LogP contribution in [0.3, 0.4) is 0 Å². The largest absolute Gasteiger partial charge is 0.535 e. The van der Waals surface area contributed by atoms with E-state index >= 15 is 0 Å². The Morgan fingerprint density at radius 1 is 1.14 bits per heavy atom. The Balaban J connectivity index is 4.22. The lowest BCUT2D eigenvalue weighted by Gasteiger charge is -2.09. The molecule has 3 N–H and O–H groups in total. The van der Waals surface area contributed by atoms with Crippen LogP contribution in [0.4, 0.5) is 0 Å². The van der Waals surface area contributed by atoms with Gasteiger partial charge < -0.3 is 14.3 Å². The fourth-order valence-corrected chi connectivity index (χ4v) is 1.88. The molecule has 0 aromatic rings.